The van der Waals surface area contributed by atoms with Crippen LogP contribution in [0.25, 0.3) is 0 Å². The van der Waals surface area contributed by atoms with Gasteiger partial charge in [0.1, 0.15) is 6.54 Å². The van der Waals surface area contributed by atoms with Gasteiger partial charge in [-0.05, 0) is 18.2 Å². The highest BCUT2D eigenvalue weighted by atomic mass is 35.5. The average molecular weight is 318 g/mol. The summed E-state index contributed by atoms with van der Waals surface area (Å²) in [6.07, 6.45) is 3.90. The summed E-state index contributed by atoms with van der Waals surface area (Å²) in [6.45, 7) is 4.54. The summed E-state index contributed by atoms with van der Waals surface area (Å²) in [4.78, 5) is 19.0. The van der Waals surface area contributed by atoms with Gasteiger partial charge in [-0.1, -0.05) is 17.7 Å². The number of aromatic amines is 1. The van der Waals surface area contributed by atoms with Crippen molar-refractivity contribution in [3.8, 4) is 0 Å². The monoisotopic (exact) mass is 317 g/mol. The first kappa shape index (κ1) is 15.0. The standard InChI is InChI=1S/C17H18ClN3O/c18-16-3-1-2-15(12-16)17(22)21-10-8-20(9-11-21)13-14-4-6-19-7-5-14/h1-7,12H,8-11,13H2/p+2. The van der Waals surface area contributed by atoms with Crippen LogP contribution in [0.2, 0.25) is 5.02 Å². The quantitative estimate of drug-likeness (QED) is 0.889. The van der Waals surface area contributed by atoms with E-state index in [-0.39, 0.29) is 5.91 Å². The van der Waals surface area contributed by atoms with Gasteiger partial charge in [0, 0.05) is 28.3 Å². The van der Waals surface area contributed by atoms with Crippen molar-refractivity contribution >= 4 is 17.5 Å². The summed E-state index contributed by atoms with van der Waals surface area (Å²) in [5.41, 5.74) is 2.00. The molecule has 2 heterocycles. The zero-order valence-electron chi connectivity index (χ0n) is 12.4. The molecule has 3 rings (SSSR count). The van der Waals surface area contributed by atoms with E-state index >= 15 is 0 Å². The molecule has 5 heteroatoms. The molecule has 0 spiro atoms. The summed E-state index contributed by atoms with van der Waals surface area (Å²) in [6, 6.07) is 11.4. The van der Waals surface area contributed by atoms with E-state index in [2.05, 4.69) is 17.1 Å². The highest BCUT2D eigenvalue weighted by molar-refractivity contribution is 6.30. The molecule has 1 amide bonds. The minimum Gasteiger partial charge on any atom is -0.328 e. The highest BCUT2D eigenvalue weighted by Gasteiger charge is 2.24. The van der Waals surface area contributed by atoms with Gasteiger partial charge in [-0.25, -0.2) is 4.98 Å². The lowest BCUT2D eigenvalue weighted by Crippen LogP contribution is -3.13. The predicted molar refractivity (Wildman–Crippen MR) is 84.8 cm³/mol. The summed E-state index contributed by atoms with van der Waals surface area (Å²) in [5.74, 6) is 0.0795. The van der Waals surface area contributed by atoms with E-state index in [0.717, 1.165) is 32.7 Å². The largest absolute Gasteiger partial charge is 0.328 e. The number of benzene rings is 1. The second-order valence-corrected chi connectivity index (χ2v) is 6.07. The number of hydrogen-bond acceptors (Lipinski definition) is 1. The summed E-state index contributed by atoms with van der Waals surface area (Å²) < 4.78 is 0. The van der Waals surface area contributed by atoms with Crippen LogP contribution >= 0.6 is 11.6 Å². The number of rotatable bonds is 3. The average Bonchev–Trinajstić information content (AvgIpc) is 2.56. The fraction of sp³-hybridized carbons (Fsp3) is 0.294. The number of hydrogen-bond donors (Lipinski definition) is 1. The smallest absolute Gasteiger partial charge is 0.254 e. The fourth-order valence-corrected chi connectivity index (χ4v) is 3.03. The molecule has 1 fully saturated rings. The number of H-pyrrole nitrogens is 1. The number of nitrogens with one attached hydrogen (secondary N) is 2. The van der Waals surface area contributed by atoms with Crippen molar-refractivity contribution in [2.75, 3.05) is 26.2 Å². The minimum absolute atomic E-state index is 0.0795. The Morgan fingerprint density at radius 2 is 1.91 bits per heavy atom. The Balaban J connectivity index is 1.56. The normalized spacial score (nSPS) is 15.8. The SMILES string of the molecule is O=C(c1cccc(Cl)c1)N1CC[NH+](Cc2cc[nH+]cc2)CC1. The van der Waals surface area contributed by atoms with Crippen LogP contribution in [0.5, 0.6) is 0 Å². The summed E-state index contributed by atoms with van der Waals surface area (Å²) >= 11 is 5.96. The molecule has 2 aromatic rings. The van der Waals surface area contributed by atoms with Crippen LogP contribution in [0.3, 0.4) is 0 Å². The first-order valence-corrected chi connectivity index (χ1v) is 7.93. The minimum atomic E-state index is 0.0795. The van der Waals surface area contributed by atoms with E-state index in [4.69, 9.17) is 11.6 Å². The highest BCUT2D eigenvalue weighted by Crippen LogP contribution is 2.12. The van der Waals surface area contributed by atoms with Gasteiger partial charge in [-0.2, -0.15) is 0 Å². The Bertz CT molecular complexity index is 639. The van der Waals surface area contributed by atoms with Crippen molar-refractivity contribution in [1.82, 2.24) is 4.90 Å². The Labute approximate surface area is 135 Å². The van der Waals surface area contributed by atoms with Crippen LogP contribution in [-0.4, -0.2) is 37.0 Å². The number of nitrogens with zero attached hydrogens (tertiary/aromatic N) is 1. The number of amides is 1. The van der Waals surface area contributed by atoms with Crippen molar-refractivity contribution < 1.29 is 14.7 Å². The Morgan fingerprint density at radius 1 is 1.18 bits per heavy atom. The Morgan fingerprint density at radius 3 is 2.59 bits per heavy atom. The van der Waals surface area contributed by atoms with Crippen LogP contribution in [0.4, 0.5) is 0 Å². The number of pyridine rings is 1. The van der Waals surface area contributed by atoms with Crippen LogP contribution in [-0.2, 0) is 6.54 Å². The van der Waals surface area contributed by atoms with E-state index in [0.29, 0.717) is 10.6 Å². The molecule has 1 aliphatic rings. The fourth-order valence-electron chi connectivity index (χ4n) is 2.83. The van der Waals surface area contributed by atoms with Crippen molar-refractivity contribution in [1.29, 1.82) is 0 Å². The van der Waals surface area contributed by atoms with Gasteiger partial charge in [0.15, 0.2) is 12.4 Å². The van der Waals surface area contributed by atoms with Crippen molar-refractivity contribution in [2.45, 2.75) is 6.54 Å². The molecule has 0 aliphatic carbocycles. The Hall–Kier alpha value is -1.91. The molecule has 0 unspecified atom stereocenters. The second kappa shape index (κ2) is 6.90. The predicted octanol–water partition coefficient (Wildman–Crippen LogP) is 0.695. The zero-order chi connectivity index (χ0) is 15.4. The Kier molecular flexibility index (Phi) is 4.71. The van der Waals surface area contributed by atoms with Gasteiger partial charge >= 0.3 is 0 Å². The number of quaternary nitrogens is 1. The van der Waals surface area contributed by atoms with Crippen molar-refractivity contribution in [2.24, 2.45) is 0 Å². The van der Waals surface area contributed by atoms with E-state index in [1.54, 1.807) is 12.1 Å². The summed E-state index contributed by atoms with van der Waals surface area (Å²) in [7, 11) is 0. The van der Waals surface area contributed by atoms with Crippen LogP contribution < -0.4 is 9.88 Å². The molecular weight excluding hydrogens is 298 g/mol. The second-order valence-electron chi connectivity index (χ2n) is 5.64. The molecule has 22 heavy (non-hydrogen) atoms. The zero-order valence-corrected chi connectivity index (χ0v) is 13.1. The molecule has 114 valence electrons. The lowest BCUT2D eigenvalue weighted by atomic mass is 10.1. The van der Waals surface area contributed by atoms with Gasteiger partial charge in [-0.3, -0.25) is 4.79 Å². The van der Waals surface area contributed by atoms with E-state index in [9.17, 15) is 4.79 Å². The van der Waals surface area contributed by atoms with Crippen LogP contribution in [0.15, 0.2) is 48.8 Å². The number of halogens is 1. The van der Waals surface area contributed by atoms with E-state index in [1.807, 2.05) is 29.4 Å². The first-order chi connectivity index (χ1) is 10.7. The molecule has 2 N–H and O–H groups in total. The van der Waals surface area contributed by atoms with Gasteiger partial charge in [0.25, 0.3) is 5.91 Å². The molecule has 0 saturated carbocycles. The summed E-state index contributed by atoms with van der Waals surface area (Å²) in [5, 5.41) is 0.607. The van der Waals surface area contributed by atoms with Gasteiger partial charge in [-0.15, -0.1) is 0 Å². The molecular formula is C17H20ClN3O+2. The maximum Gasteiger partial charge on any atom is 0.254 e. The van der Waals surface area contributed by atoms with Gasteiger partial charge < -0.3 is 9.80 Å². The first-order valence-electron chi connectivity index (χ1n) is 7.56. The molecule has 1 aromatic carbocycles. The maximum atomic E-state index is 12.5. The topological polar surface area (TPSA) is 38.9 Å². The molecule has 4 nitrogen and oxygen atoms in total. The third-order valence-corrected chi connectivity index (χ3v) is 4.31. The third-order valence-electron chi connectivity index (χ3n) is 4.07. The van der Waals surface area contributed by atoms with Gasteiger partial charge in [0.2, 0.25) is 0 Å². The lowest BCUT2D eigenvalue weighted by molar-refractivity contribution is -0.917. The molecule has 0 atom stereocenters. The van der Waals surface area contributed by atoms with Gasteiger partial charge in [0.05, 0.1) is 26.2 Å². The van der Waals surface area contributed by atoms with Crippen LogP contribution in [0.1, 0.15) is 15.9 Å². The van der Waals surface area contributed by atoms with Crippen molar-refractivity contribution in [3.05, 3.63) is 64.9 Å². The molecule has 0 bridgehead atoms. The molecule has 1 aromatic heterocycles. The van der Waals surface area contributed by atoms with Crippen LogP contribution in [0, 0.1) is 0 Å². The molecule has 0 radical (unpaired) electrons. The number of carbonyl (C=O) groups excluding carboxylic acids is 1. The molecule has 1 saturated heterocycles. The number of carbonyl (C=O) groups is 1. The number of piperazine rings is 1. The number of aromatic nitrogens is 1. The van der Waals surface area contributed by atoms with Crippen molar-refractivity contribution in [3.63, 3.8) is 0 Å². The maximum absolute atomic E-state index is 12.5. The lowest BCUT2D eigenvalue weighted by Gasteiger charge is -2.32. The van der Waals surface area contributed by atoms with E-state index < -0.39 is 0 Å². The molecule has 1 aliphatic heterocycles. The third kappa shape index (κ3) is 3.64. The van der Waals surface area contributed by atoms with E-state index in [1.165, 1.54) is 10.5 Å².